The molecule has 0 atom stereocenters. The topological polar surface area (TPSA) is 66.5 Å². The van der Waals surface area contributed by atoms with Gasteiger partial charge in [-0.15, -0.1) is 0 Å². The van der Waals surface area contributed by atoms with E-state index in [4.69, 9.17) is 0 Å². The second-order valence-corrected chi connectivity index (χ2v) is 9.31. The maximum atomic E-state index is 12.5. The number of carbonyl (C=O) groups is 1. The van der Waals surface area contributed by atoms with Gasteiger partial charge in [0.2, 0.25) is 0 Å². The van der Waals surface area contributed by atoms with Gasteiger partial charge in [0.1, 0.15) is 5.75 Å². The third-order valence-electron chi connectivity index (χ3n) is 4.63. The van der Waals surface area contributed by atoms with Gasteiger partial charge in [-0.1, -0.05) is 78.9 Å². The van der Waals surface area contributed by atoms with Crippen LogP contribution in [0.25, 0.3) is 0 Å². The lowest BCUT2D eigenvalue weighted by Gasteiger charge is -2.25. The van der Waals surface area contributed by atoms with E-state index in [2.05, 4.69) is 5.43 Å². The minimum Gasteiger partial charge on any atom is -0.281 e. The first-order valence-electron chi connectivity index (χ1n) is 9.92. The minimum atomic E-state index is -3.49. The van der Waals surface area contributed by atoms with Crippen LogP contribution in [-0.2, 0) is 27.6 Å². The fourth-order valence-corrected chi connectivity index (χ4v) is 4.36. The molecule has 0 fully saturated rings. The van der Waals surface area contributed by atoms with Crippen LogP contribution in [0, 0.1) is 0 Å². The number of hydrazine groups is 1. The maximum Gasteiger partial charge on any atom is 0.253 e. The lowest BCUT2D eigenvalue weighted by atomic mass is 10.1. The van der Waals surface area contributed by atoms with Crippen molar-refractivity contribution in [2.45, 2.75) is 19.4 Å². The Morgan fingerprint density at radius 1 is 0.767 bits per heavy atom. The molecule has 1 amide bonds. The van der Waals surface area contributed by atoms with Crippen LogP contribution in [-0.4, -0.2) is 25.8 Å². The predicted molar refractivity (Wildman–Crippen MR) is 121 cm³/mol. The number of anilines is 1. The summed E-state index contributed by atoms with van der Waals surface area (Å²) < 4.78 is 24.9. The summed E-state index contributed by atoms with van der Waals surface area (Å²) >= 11 is 0. The van der Waals surface area contributed by atoms with E-state index in [1.54, 1.807) is 5.01 Å². The molecule has 3 rings (SSSR count). The second kappa shape index (κ2) is 10.6. The maximum absolute atomic E-state index is 12.5. The van der Waals surface area contributed by atoms with Gasteiger partial charge in [0.05, 0.1) is 18.0 Å². The zero-order valence-electron chi connectivity index (χ0n) is 16.8. The number of hydrogen-bond donors (Lipinski definition) is 1. The third-order valence-corrected chi connectivity index (χ3v) is 6.24. The van der Waals surface area contributed by atoms with Crippen LogP contribution in [0.5, 0.6) is 0 Å². The number of nitrogens with zero attached hydrogens (tertiary/aromatic N) is 1. The van der Waals surface area contributed by atoms with Gasteiger partial charge in [-0.25, -0.2) is 8.42 Å². The fraction of sp³-hybridized carbons (Fsp3) is 0.208. The summed E-state index contributed by atoms with van der Waals surface area (Å²) in [6.45, 7) is 0.435. The number of rotatable bonds is 10. The van der Waals surface area contributed by atoms with Crippen LogP contribution in [0.2, 0.25) is 0 Å². The van der Waals surface area contributed by atoms with Gasteiger partial charge in [-0.05, 0) is 36.1 Å². The molecule has 156 valence electrons. The van der Waals surface area contributed by atoms with Crippen molar-refractivity contribution in [1.82, 2.24) is 5.43 Å². The Bertz CT molecular complexity index is 1020. The van der Waals surface area contributed by atoms with E-state index in [0.29, 0.717) is 19.4 Å². The van der Waals surface area contributed by atoms with Crippen LogP contribution >= 0.6 is 0 Å². The van der Waals surface area contributed by atoms with Crippen LogP contribution in [0.4, 0.5) is 5.69 Å². The van der Waals surface area contributed by atoms with E-state index in [-0.39, 0.29) is 5.75 Å². The van der Waals surface area contributed by atoms with Crippen molar-refractivity contribution in [2.75, 3.05) is 16.5 Å². The molecule has 0 aliphatic rings. The number of nitrogens with one attached hydrogen (secondary N) is 1. The van der Waals surface area contributed by atoms with Crippen LogP contribution in [0.3, 0.4) is 0 Å². The molecule has 3 aromatic carbocycles. The van der Waals surface area contributed by atoms with Gasteiger partial charge in [0, 0.05) is 0 Å². The first-order chi connectivity index (χ1) is 14.5. The Morgan fingerprint density at radius 2 is 1.30 bits per heavy atom. The van der Waals surface area contributed by atoms with Crippen molar-refractivity contribution in [1.29, 1.82) is 0 Å². The molecule has 0 saturated heterocycles. The summed E-state index contributed by atoms with van der Waals surface area (Å²) in [7, 11) is -3.49. The van der Waals surface area contributed by atoms with Gasteiger partial charge in [0.25, 0.3) is 5.91 Å². The fourth-order valence-electron chi connectivity index (χ4n) is 3.16. The van der Waals surface area contributed by atoms with Gasteiger partial charge in [0.15, 0.2) is 9.84 Å². The lowest BCUT2D eigenvalue weighted by molar-refractivity contribution is -0.118. The molecule has 0 bridgehead atoms. The molecule has 0 spiro atoms. The molecule has 6 heteroatoms. The summed E-state index contributed by atoms with van der Waals surface area (Å²) in [6, 6.07) is 28.8. The number of aryl methyl sites for hydroxylation is 1. The summed E-state index contributed by atoms with van der Waals surface area (Å²) in [4.78, 5) is 12.5. The van der Waals surface area contributed by atoms with E-state index >= 15 is 0 Å². The second-order valence-electron chi connectivity index (χ2n) is 7.12. The largest absolute Gasteiger partial charge is 0.281 e. The minimum absolute atomic E-state index is 0.0145. The van der Waals surface area contributed by atoms with Gasteiger partial charge < -0.3 is 0 Å². The molecule has 0 aromatic heterocycles. The van der Waals surface area contributed by atoms with Crippen LogP contribution < -0.4 is 10.4 Å². The molecule has 0 unspecified atom stereocenters. The highest BCUT2D eigenvalue weighted by Gasteiger charge is 2.19. The van der Waals surface area contributed by atoms with Crippen molar-refractivity contribution in [2.24, 2.45) is 0 Å². The van der Waals surface area contributed by atoms with Crippen molar-refractivity contribution >= 4 is 21.4 Å². The normalized spacial score (nSPS) is 11.1. The van der Waals surface area contributed by atoms with E-state index in [9.17, 15) is 13.2 Å². The third kappa shape index (κ3) is 7.04. The molecule has 0 aliphatic carbocycles. The number of amides is 1. The molecule has 0 heterocycles. The summed E-state index contributed by atoms with van der Waals surface area (Å²) in [5.41, 5.74) is 5.65. The Kier molecular flexibility index (Phi) is 7.63. The zero-order chi connectivity index (χ0) is 21.2. The van der Waals surface area contributed by atoms with Crippen molar-refractivity contribution in [3.05, 3.63) is 102 Å². The number of benzene rings is 3. The quantitative estimate of drug-likeness (QED) is 0.505. The highest BCUT2D eigenvalue weighted by atomic mass is 32.2. The Balaban J connectivity index is 1.59. The van der Waals surface area contributed by atoms with Gasteiger partial charge in [-0.2, -0.15) is 0 Å². The summed E-state index contributed by atoms with van der Waals surface area (Å²) in [5, 5.41) is 1.68. The van der Waals surface area contributed by atoms with Crippen molar-refractivity contribution in [3.8, 4) is 0 Å². The number of hydrogen-bond acceptors (Lipinski definition) is 4. The first kappa shape index (κ1) is 21.6. The SMILES string of the molecule is O=C(CS(=O)(=O)CCCc1ccccc1)NN(Cc1ccccc1)c1ccccc1. The molecule has 3 aromatic rings. The average molecular weight is 423 g/mol. The molecular weight excluding hydrogens is 396 g/mol. The Morgan fingerprint density at radius 3 is 1.90 bits per heavy atom. The standard InChI is InChI=1S/C24H26N2O3S/c27-24(20-30(28,29)18-10-15-21-11-4-1-5-12-21)25-26(23-16-8-3-9-17-23)19-22-13-6-2-7-14-22/h1-9,11-14,16-17H,10,15,18-20H2,(H,25,27). The Labute approximate surface area is 178 Å². The van der Waals surface area contributed by atoms with Crippen molar-refractivity contribution in [3.63, 3.8) is 0 Å². The number of para-hydroxylation sites is 1. The molecular formula is C24H26N2O3S. The smallest absolute Gasteiger partial charge is 0.253 e. The first-order valence-corrected chi connectivity index (χ1v) is 11.7. The van der Waals surface area contributed by atoms with Crippen LogP contribution in [0.1, 0.15) is 17.5 Å². The van der Waals surface area contributed by atoms with Crippen molar-refractivity contribution < 1.29 is 13.2 Å². The molecule has 5 nitrogen and oxygen atoms in total. The predicted octanol–water partition coefficient (Wildman–Crippen LogP) is 3.77. The number of sulfone groups is 1. The van der Waals surface area contributed by atoms with Gasteiger partial charge in [-0.3, -0.25) is 15.2 Å². The molecule has 1 N–H and O–H groups in total. The Hall–Kier alpha value is -3.12. The van der Waals surface area contributed by atoms with E-state index in [1.165, 1.54) is 0 Å². The summed E-state index contributed by atoms with van der Waals surface area (Å²) in [5.74, 6) is -1.08. The molecule has 30 heavy (non-hydrogen) atoms. The zero-order valence-corrected chi connectivity index (χ0v) is 17.6. The highest BCUT2D eigenvalue weighted by molar-refractivity contribution is 7.92. The van der Waals surface area contributed by atoms with E-state index < -0.39 is 21.5 Å². The molecule has 0 aliphatic heterocycles. The van der Waals surface area contributed by atoms with Gasteiger partial charge >= 0.3 is 0 Å². The van der Waals surface area contributed by atoms with Crippen LogP contribution in [0.15, 0.2) is 91.0 Å². The highest BCUT2D eigenvalue weighted by Crippen LogP contribution is 2.15. The molecule has 0 radical (unpaired) electrons. The van der Waals surface area contributed by atoms with E-state index in [0.717, 1.165) is 16.8 Å². The lowest BCUT2D eigenvalue weighted by Crippen LogP contribution is -2.44. The monoisotopic (exact) mass is 422 g/mol. The number of carbonyl (C=O) groups excluding carboxylic acids is 1. The van der Waals surface area contributed by atoms with E-state index in [1.807, 2.05) is 91.0 Å². The summed E-state index contributed by atoms with van der Waals surface area (Å²) in [6.07, 6.45) is 1.16. The molecule has 0 saturated carbocycles. The average Bonchev–Trinajstić information content (AvgIpc) is 2.75.